The molecule has 0 spiro atoms. The maximum absolute atomic E-state index is 14.3. The van der Waals surface area contributed by atoms with Gasteiger partial charge in [0.1, 0.15) is 52.3 Å². The molecule has 0 unspecified atom stereocenters. The Bertz CT molecular complexity index is 2080. The van der Waals surface area contributed by atoms with Crippen LogP contribution in [-0.2, 0) is 26.9 Å². The van der Waals surface area contributed by atoms with Crippen LogP contribution in [-0.4, -0.2) is 20.5 Å². The Kier molecular flexibility index (Phi) is 10.9. The predicted octanol–water partition coefficient (Wildman–Crippen LogP) is 7.12. The van der Waals surface area contributed by atoms with Crippen molar-refractivity contribution in [2.45, 2.75) is 22.9 Å². The smallest absolute Gasteiger partial charge is 0.415 e. The standard InChI is InChI=1S/C32H26F2N4O5PS3/c33-29-17-27(8-6-24(29)19-35)42-44(39,43-28-9-7-25(20-36)30(34)18-28)22-37-47(40,41)32-16-26-15-23(5-10-31(26)46-32)21-45-14-4-13-38-11-2-1-3-12-38/h1-3,5-12,15-18,37H,4,13-14,21-22H2/q+1. The van der Waals surface area contributed by atoms with E-state index in [4.69, 9.17) is 19.6 Å². The first-order valence-corrected chi connectivity index (χ1v) is 19.2. The topological polar surface area (TPSA) is 133 Å². The molecule has 240 valence electrons. The van der Waals surface area contributed by atoms with Crippen LogP contribution >= 0.6 is 30.7 Å². The van der Waals surface area contributed by atoms with Crippen molar-refractivity contribution < 1.29 is 35.4 Å². The first kappa shape index (κ1) is 34.0. The zero-order valence-electron chi connectivity index (χ0n) is 24.5. The first-order chi connectivity index (χ1) is 22.6. The number of halogens is 2. The highest BCUT2D eigenvalue weighted by Gasteiger charge is 2.32. The lowest BCUT2D eigenvalue weighted by molar-refractivity contribution is -0.696. The highest BCUT2D eigenvalue weighted by atomic mass is 32.2. The Balaban J connectivity index is 1.28. The molecular formula is C32H26F2N4O5PS3+. The van der Waals surface area contributed by atoms with Crippen molar-refractivity contribution in [1.82, 2.24) is 4.72 Å². The largest absolute Gasteiger partial charge is 0.445 e. The number of aromatic nitrogens is 1. The number of aryl methyl sites for hydroxylation is 1. The van der Waals surface area contributed by atoms with Crippen LogP contribution in [0.2, 0.25) is 0 Å². The van der Waals surface area contributed by atoms with Gasteiger partial charge in [-0.3, -0.25) is 0 Å². The van der Waals surface area contributed by atoms with E-state index in [0.29, 0.717) is 0 Å². The van der Waals surface area contributed by atoms with Gasteiger partial charge in [0.15, 0.2) is 12.4 Å². The minimum Gasteiger partial charge on any atom is -0.415 e. The van der Waals surface area contributed by atoms with Crippen LogP contribution in [0, 0.1) is 34.3 Å². The molecule has 3 aromatic carbocycles. The Morgan fingerprint density at radius 1 is 0.894 bits per heavy atom. The molecule has 9 nitrogen and oxygen atoms in total. The molecule has 0 aliphatic heterocycles. The van der Waals surface area contributed by atoms with E-state index in [1.54, 1.807) is 23.9 Å². The van der Waals surface area contributed by atoms with Crippen molar-refractivity contribution in [2.75, 3.05) is 12.0 Å². The summed E-state index contributed by atoms with van der Waals surface area (Å²) < 4.78 is 85.0. The normalized spacial score (nSPS) is 11.6. The molecular weight excluding hydrogens is 686 g/mol. The quantitative estimate of drug-likeness (QED) is 0.0732. The Morgan fingerprint density at radius 2 is 1.53 bits per heavy atom. The van der Waals surface area contributed by atoms with E-state index in [1.807, 2.05) is 48.8 Å². The van der Waals surface area contributed by atoms with Gasteiger partial charge in [0.2, 0.25) is 0 Å². The van der Waals surface area contributed by atoms with Crippen molar-refractivity contribution in [1.29, 1.82) is 10.5 Å². The molecule has 0 amide bonds. The van der Waals surface area contributed by atoms with Crippen molar-refractivity contribution in [3.8, 4) is 23.6 Å². The second-order valence-corrected chi connectivity index (χ2v) is 16.1. The van der Waals surface area contributed by atoms with Crippen molar-refractivity contribution in [3.05, 3.63) is 120 Å². The summed E-state index contributed by atoms with van der Waals surface area (Å²) in [6.45, 7) is 0.920. The van der Waals surface area contributed by atoms with Crippen LogP contribution in [0.3, 0.4) is 0 Å². The van der Waals surface area contributed by atoms with E-state index in [0.717, 1.165) is 87.9 Å². The number of nitrogens with zero attached hydrogens (tertiary/aromatic N) is 3. The van der Waals surface area contributed by atoms with E-state index in [9.17, 15) is 21.8 Å². The van der Waals surface area contributed by atoms with Gasteiger partial charge in [0.05, 0.1) is 11.1 Å². The SMILES string of the molecule is N#Cc1ccc(OP(=O)(CNS(=O)(=O)c2cc3cc(CSCCC[n+]4ccccc4)ccc3s2)Oc2ccc(C#N)c(F)c2)cc1F. The highest BCUT2D eigenvalue weighted by Crippen LogP contribution is 2.48. The lowest BCUT2D eigenvalue weighted by Gasteiger charge is -2.20. The number of benzene rings is 3. The summed E-state index contributed by atoms with van der Waals surface area (Å²) in [7, 11) is -8.78. The van der Waals surface area contributed by atoms with E-state index in [2.05, 4.69) is 9.29 Å². The second-order valence-electron chi connectivity index (χ2n) is 10.1. The molecule has 1 N–H and O–H groups in total. The molecule has 2 heterocycles. The maximum Gasteiger partial charge on any atom is 0.445 e. The third-order valence-corrected chi connectivity index (χ3v) is 12.5. The van der Waals surface area contributed by atoms with Gasteiger partial charge in [-0.25, -0.2) is 26.3 Å². The molecule has 0 fully saturated rings. The summed E-state index contributed by atoms with van der Waals surface area (Å²) in [5, 5.41) is 18.7. The van der Waals surface area contributed by atoms with Crippen LogP contribution < -0.4 is 18.3 Å². The van der Waals surface area contributed by atoms with Gasteiger partial charge in [-0.15, -0.1) is 11.3 Å². The summed E-state index contributed by atoms with van der Waals surface area (Å²) in [5.74, 6) is -0.836. The third-order valence-electron chi connectivity index (χ3n) is 6.63. The van der Waals surface area contributed by atoms with Gasteiger partial charge in [-0.2, -0.15) is 27.0 Å². The average molecular weight is 712 g/mol. The number of nitrogens with one attached hydrogen (secondary N) is 1. The highest BCUT2D eigenvalue weighted by molar-refractivity contribution is 7.98. The predicted molar refractivity (Wildman–Crippen MR) is 176 cm³/mol. The number of hydrogen-bond acceptors (Lipinski definition) is 9. The minimum atomic E-state index is -4.54. The number of nitriles is 2. The molecule has 47 heavy (non-hydrogen) atoms. The maximum atomic E-state index is 14.3. The summed E-state index contributed by atoms with van der Waals surface area (Å²) in [5.41, 5.74) is 0.452. The van der Waals surface area contributed by atoms with Crippen molar-refractivity contribution in [2.24, 2.45) is 0 Å². The van der Waals surface area contributed by atoms with Gasteiger partial charge >= 0.3 is 7.60 Å². The average Bonchev–Trinajstić information content (AvgIpc) is 3.49. The molecule has 0 bridgehead atoms. The van der Waals surface area contributed by atoms with Crippen LogP contribution in [0.25, 0.3) is 10.1 Å². The Labute approximate surface area is 278 Å². The van der Waals surface area contributed by atoms with Crippen molar-refractivity contribution >= 4 is 50.8 Å². The number of pyridine rings is 1. The molecule has 0 atom stereocenters. The molecule has 0 saturated carbocycles. The number of thioether (sulfide) groups is 1. The van der Waals surface area contributed by atoms with Crippen LogP contribution in [0.5, 0.6) is 11.5 Å². The fourth-order valence-corrected chi connectivity index (χ4v) is 9.66. The zero-order chi connectivity index (χ0) is 33.4. The number of sulfonamides is 1. The van der Waals surface area contributed by atoms with Gasteiger partial charge in [-0.1, -0.05) is 12.1 Å². The zero-order valence-corrected chi connectivity index (χ0v) is 27.9. The molecule has 0 saturated heterocycles. The number of rotatable bonds is 14. The summed E-state index contributed by atoms with van der Waals surface area (Å²) >= 11 is 2.81. The van der Waals surface area contributed by atoms with Crippen LogP contribution in [0.1, 0.15) is 23.1 Å². The fourth-order valence-electron chi connectivity index (χ4n) is 4.34. The number of fused-ring (bicyclic) bond motifs is 1. The van der Waals surface area contributed by atoms with E-state index in [1.165, 1.54) is 6.07 Å². The lowest BCUT2D eigenvalue weighted by Crippen LogP contribution is -2.32. The molecule has 0 aliphatic rings. The van der Waals surface area contributed by atoms with Gasteiger partial charge in [0.25, 0.3) is 10.0 Å². The molecule has 15 heteroatoms. The monoisotopic (exact) mass is 711 g/mol. The van der Waals surface area contributed by atoms with Crippen LogP contribution in [0.15, 0.2) is 95.5 Å². The Hall–Kier alpha value is -4.30. The number of hydrogen-bond donors (Lipinski definition) is 1. The van der Waals surface area contributed by atoms with Gasteiger partial charge in [-0.05, 0) is 59.2 Å². The van der Waals surface area contributed by atoms with E-state index >= 15 is 0 Å². The number of thiophene rings is 1. The summed E-state index contributed by atoms with van der Waals surface area (Å²) in [6, 6.07) is 22.6. The first-order valence-electron chi connectivity index (χ1n) is 14.0. The second kappa shape index (κ2) is 15.1. The van der Waals surface area contributed by atoms with Crippen LogP contribution in [0.4, 0.5) is 8.78 Å². The summed E-state index contributed by atoms with van der Waals surface area (Å²) in [6.07, 6.45) is 4.16. The van der Waals surface area contributed by atoms with Gasteiger partial charge in [0, 0.05) is 41.1 Å². The molecule has 0 aliphatic carbocycles. The fraction of sp³-hybridized carbons (Fsp3) is 0.156. The molecule has 0 radical (unpaired) electrons. The molecule has 5 aromatic rings. The third kappa shape index (κ3) is 8.95. The lowest BCUT2D eigenvalue weighted by atomic mass is 10.2. The Morgan fingerprint density at radius 3 is 2.13 bits per heavy atom. The van der Waals surface area contributed by atoms with Crippen molar-refractivity contribution in [3.63, 3.8) is 0 Å². The molecule has 5 rings (SSSR count). The minimum absolute atomic E-state index is 0.0439. The van der Waals surface area contributed by atoms with Gasteiger partial charge < -0.3 is 9.05 Å². The summed E-state index contributed by atoms with van der Waals surface area (Å²) in [4.78, 5) is 0. The van der Waals surface area contributed by atoms with E-state index in [-0.39, 0.29) is 26.8 Å². The molecule has 2 aromatic heterocycles. The van der Waals surface area contributed by atoms with E-state index < -0.39 is 35.5 Å².